The smallest absolute Gasteiger partial charge is 0.282 e. The zero-order valence-corrected chi connectivity index (χ0v) is 14.0. The molecule has 1 unspecified atom stereocenters. The second-order valence-corrected chi connectivity index (χ2v) is 5.90. The Morgan fingerprint density at radius 1 is 1.13 bits per heavy atom. The standard InChI is InChI=1S/C16H24N4O3/c1-10(2)18-14(21)9-20(4)11(3)16(23)19-13-7-5-12(6-8-13)15(17)22/h5-8,10-11H,9H2,1-4H3,(H2,17,22)(H,18,21)(H,19,23)/p+1/t11-/m1/s1. The van der Waals surface area contributed by atoms with Gasteiger partial charge in [-0.2, -0.15) is 0 Å². The zero-order chi connectivity index (χ0) is 17.6. The van der Waals surface area contributed by atoms with Gasteiger partial charge in [-0.3, -0.25) is 14.4 Å². The highest BCUT2D eigenvalue weighted by Crippen LogP contribution is 2.09. The lowest BCUT2D eigenvalue weighted by molar-refractivity contribution is -0.885. The molecule has 0 saturated heterocycles. The Labute approximate surface area is 136 Å². The maximum absolute atomic E-state index is 12.2. The Kier molecular flexibility index (Phi) is 6.71. The number of carbonyl (C=O) groups is 3. The van der Waals surface area contributed by atoms with Crippen LogP contribution < -0.4 is 21.3 Å². The summed E-state index contributed by atoms with van der Waals surface area (Å²) in [7, 11) is 1.79. The number of likely N-dealkylation sites (N-methyl/N-ethyl adjacent to an activating group) is 1. The first-order valence-corrected chi connectivity index (χ1v) is 7.53. The van der Waals surface area contributed by atoms with Crippen molar-refractivity contribution in [3.63, 3.8) is 0 Å². The van der Waals surface area contributed by atoms with E-state index in [9.17, 15) is 14.4 Å². The highest BCUT2D eigenvalue weighted by molar-refractivity contribution is 5.96. The van der Waals surface area contributed by atoms with Crippen molar-refractivity contribution in [2.24, 2.45) is 5.73 Å². The van der Waals surface area contributed by atoms with Crippen LogP contribution in [0, 0.1) is 0 Å². The fourth-order valence-corrected chi connectivity index (χ4v) is 1.97. The number of hydrogen-bond donors (Lipinski definition) is 4. The molecule has 5 N–H and O–H groups in total. The van der Waals surface area contributed by atoms with Gasteiger partial charge in [0.1, 0.15) is 0 Å². The van der Waals surface area contributed by atoms with Crippen LogP contribution >= 0.6 is 0 Å². The van der Waals surface area contributed by atoms with E-state index in [1.54, 1.807) is 38.2 Å². The summed E-state index contributed by atoms with van der Waals surface area (Å²) in [5, 5.41) is 5.56. The molecule has 3 amide bonds. The predicted octanol–water partition coefficient (Wildman–Crippen LogP) is -0.848. The van der Waals surface area contributed by atoms with E-state index in [4.69, 9.17) is 5.73 Å². The summed E-state index contributed by atoms with van der Waals surface area (Å²) in [4.78, 5) is 35.8. The Bertz CT molecular complexity index is 569. The summed E-state index contributed by atoms with van der Waals surface area (Å²) in [5.74, 6) is -0.814. The Hall–Kier alpha value is -2.41. The molecule has 0 fully saturated rings. The number of rotatable bonds is 7. The Morgan fingerprint density at radius 2 is 1.70 bits per heavy atom. The van der Waals surface area contributed by atoms with Gasteiger partial charge in [0.05, 0.1) is 7.05 Å². The molecule has 2 atom stereocenters. The van der Waals surface area contributed by atoms with Crippen molar-refractivity contribution in [1.29, 1.82) is 0 Å². The van der Waals surface area contributed by atoms with Crippen LogP contribution in [0.5, 0.6) is 0 Å². The van der Waals surface area contributed by atoms with Gasteiger partial charge < -0.3 is 21.3 Å². The van der Waals surface area contributed by atoms with Crippen LogP contribution in [0.15, 0.2) is 24.3 Å². The molecule has 0 aliphatic carbocycles. The summed E-state index contributed by atoms with van der Waals surface area (Å²) in [6.45, 7) is 5.75. The first kappa shape index (κ1) is 18.6. The number of anilines is 1. The molecule has 0 aromatic heterocycles. The number of nitrogens with one attached hydrogen (secondary N) is 3. The topological polar surface area (TPSA) is 106 Å². The van der Waals surface area contributed by atoms with E-state index < -0.39 is 11.9 Å². The average molecular weight is 321 g/mol. The second-order valence-electron chi connectivity index (χ2n) is 5.90. The number of primary amides is 1. The van der Waals surface area contributed by atoms with Crippen molar-refractivity contribution in [2.45, 2.75) is 32.9 Å². The molecule has 23 heavy (non-hydrogen) atoms. The monoisotopic (exact) mass is 321 g/mol. The number of quaternary nitrogens is 1. The third kappa shape index (κ3) is 6.07. The Morgan fingerprint density at radius 3 is 2.17 bits per heavy atom. The van der Waals surface area contributed by atoms with Crippen molar-refractivity contribution in [3.8, 4) is 0 Å². The summed E-state index contributed by atoms with van der Waals surface area (Å²) in [6, 6.07) is 6.01. The molecule has 7 heteroatoms. The molecule has 0 spiro atoms. The number of carbonyl (C=O) groups excluding carboxylic acids is 3. The van der Waals surface area contributed by atoms with Crippen molar-refractivity contribution < 1.29 is 19.3 Å². The zero-order valence-electron chi connectivity index (χ0n) is 14.0. The molecular weight excluding hydrogens is 296 g/mol. The maximum atomic E-state index is 12.2. The van der Waals surface area contributed by atoms with Gasteiger partial charge in [0.2, 0.25) is 5.91 Å². The lowest BCUT2D eigenvalue weighted by atomic mass is 10.2. The van der Waals surface area contributed by atoms with Crippen LogP contribution in [-0.2, 0) is 9.59 Å². The van der Waals surface area contributed by atoms with Crippen LogP contribution in [-0.4, -0.2) is 43.4 Å². The minimum absolute atomic E-state index is 0.0724. The highest BCUT2D eigenvalue weighted by atomic mass is 16.2. The van der Waals surface area contributed by atoms with Gasteiger partial charge in [-0.05, 0) is 45.0 Å². The van der Waals surface area contributed by atoms with Crippen molar-refractivity contribution in [2.75, 3.05) is 18.9 Å². The minimum Gasteiger partial charge on any atom is -0.366 e. The van der Waals surface area contributed by atoms with Crippen LogP contribution in [0.3, 0.4) is 0 Å². The van der Waals surface area contributed by atoms with Gasteiger partial charge in [-0.25, -0.2) is 0 Å². The third-order valence-electron chi connectivity index (χ3n) is 3.46. The lowest BCUT2D eigenvalue weighted by Gasteiger charge is -2.21. The van der Waals surface area contributed by atoms with Gasteiger partial charge in [0.25, 0.3) is 11.8 Å². The number of benzene rings is 1. The van der Waals surface area contributed by atoms with E-state index in [0.29, 0.717) is 11.3 Å². The summed E-state index contributed by atoms with van der Waals surface area (Å²) >= 11 is 0. The molecule has 0 bridgehead atoms. The highest BCUT2D eigenvalue weighted by Gasteiger charge is 2.24. The first-order chi connectivity index (χ1) is 10.7. The number of hydrogen-bond acceptors (Lipinski definition) is 3. The first-order valence-electron chi connectivity index (χ1n) is 7.53. The van der Waals surface area contributed by atoms with Crippen LogP contribution in [0.4, 0.5) is 5.69 Å². The molecule has 0 saturated carbocycles. The van der Waals surface area contributed by atoms with Gasteiger partial charge in [0.15, 0.2) is 12.6 Å². The summed E-state index contributed by atoms with van der Waals surface area (Å²) < 4.78 is 0. The predicted molar refractivity (Wildman–Crippen MR) is 88.1 cm³/mol. The van der Waals surface area contributed by atoms with E-state index in [2.05, 4.69) is 10.6 Å². The number of amides is 3. The van der Waals surface area contributed by atoms with Crippen molar-refractivity contribution in [3.05, 3.63) is 29.8 Å². The molecular formula is C16H25N4O3+. The molecule has 1 rings (SSSR count). The largest absolute Gasteiger partial charge is 0.366 e. The molecule has 0 aliphatic rings. The molecule has 126 valence electrons. The fourth-order valence-electron chi connectivity index (χ4n) is 1.97. The third-order valence-corrected chi connectivity index (χ3v) is 3.46. The fraction of sp³-hybridized carbons (Fsp3) is 0.438. The molecule has 1 aromatic rings. The van der Waals surface area contributed by atoms with E-state index in [1.807, 2.05) is 13.8 Å². The number of nitrogens with two attached hydrogens (primary N) is 1. The Balaban J connectivity index is 2.58. The van der Waals surface area contributed by atoms with E-state index in [1.165, 1.54) is 0 Å². The van der Waals surface area contributed by atoms with E-state index in [-0.39, 0.29) is 24.4 Å². The molecule has 7 nitrogen and oxygen atoms in total. The van der Waals surface area contributed by atoms with Gasteiger partial charge in [0, 0.05) is 17.3 Å². The normalized spacial score (nSPS) is 13.3. The summed E-state index contributed by atoms with van der Waals surface area (Å²) in [5.41, 5.74) is 6.12. The minimum atomic E-state index is -0.517. The SMILES string of the molecule is CC(C)NC(=O)C[NH+](C)[C@H](C)C(=O)Nc1ccc(C(N)=O)cc1. The summed E-state index contributed by atoms with van der Waals surface area (Å²) in [6.07, 6.45) is 0. The van der Waals surface area contributed by atoms with Gasteiger partial charge in [-0.1, -0.05) is 0 Å². The van der Waals surface area contributed by atoms with Crippen molar-refractivity contribution in [1.82, 2.24) is 5.32 Å². The van der Waals surface area contributed by atoms with E-state index in [0.717, 1.165) is 4.90 Å². The molecule has 1 aromatic carbocycles. The second kappa shape index (κ2) is 8.28. The van der Waals surface area contributed by atoms with Crippen LogP contribution in [0.2, 0.25) is 0 Å². The molecule has 0 aliphatic heterocycles. The van der Waals surface area contributed by atoms with Gasteiger partial charge >= 0.3 is 0 Å². The van der Waals surface area contributed by atoms with Crippen molar-refractivity contribution >= 4 is 23.4 Å². The molecule has 0 heterocycles. The van der Waals surface area contributed by atoms with Crippen LogP contribution in [0.25, 0.3) is 0 Å². The van der Waals surface area contributed by atoms with E-state index >= 15 is 0 Å². The van der Waals surface area contributed by atoms with Gasteiger partial charge in [-0.15, -0.1) is 0 Å². The molecule has 0 radical (unpaired) electrons. The maximum Gasteiger partial charge on any atom is 0.282 e. The lowest BCUT2D eigenvalue weighted by Crippen LogP contribution is -3.15. The van der Waals surface area contributed by atoms with Crippen LogP contribution in [0.1, 0.15) is 31.1 Å². The average Bonchev–Trinajstić information content (AvgIpc) is 2.45. The quantitative estimate of drug-likeness (QED) is 0.526.